The van der Waals surface area contributed by atoms with Crippen LogP contribution in [0.25, 0.3) is 0 Å². The maximum absolute atomic E-state index is 12.8. The quantitative estimate of drug-likeness (QED) is 0.199. The number of allylic oxidation sites excluding steroid dienone is 1. The first-order valence-electron chi connectivity index (χ1n) is 9.69. The molecule has 0 aliphatic carbocycles. The van der Waals surface area contributed by atoms with Gasteiger partial charge in [-0.25, -0.2) is 8.42 Å². The molecule has 0 saturated heterocycles. The molecule has 12 heteroatoms. The summed E-state index contributed by atoms with van der Waals surface area (Å²) in [5.41, 5.74) is 1.11. The number of hydrogen-bond donors (Lipinski definition) is 1. The maximum atomic E-state index is 12.8. The summed E-state index contributed by atoms with van der Waals surface area (Å²) in [6.07, 6.45) is 1.58. The number of nitro benzene ring substituents is 1. The summed E-state index contributed by atoms with van der Waals surface area (Å²) in [6.45, 7) is 5.82. The van der Waals surface area contributed by atoms with Gasteiger partial charge in [0.1, 0.15) is 11.6 Å². The molecule has 1 aromatic heterocycles. The molecule has 0 saturated carbocycles. The number of rotatable bonds is 10. The molecule has 10 nitrogen and oxygen atoms in total. The monoisotopic (exact) mass is 487 g/mol. The van der Waals surface area contributed by atoms with Crippen molar-refractivity contribution in [3.8, 4) is 0 Å². The Hall–Kier alpha value is -3.51. The zero-order valence-corrected chi connectivity index (χ0v) is 19.3. The molecule has 3 rings (SSSR count). The number of aromatic nitrogens is 3. The highest BCUT2D eigenvalue weighted by Gasteiger charge is 2.22. The van der Waals surface area contributed by atoms with E-state index in [9.17, 15) is 23.3 Å². The molecule has 0 aliphatic rings. The van der Waals surface area contributed by atoms with Crippen molar-refractivity contribution in [3.05, 3.63) is 82.7 Å². The van der Waals surface area contributed by atoms with Crippen LogP contribution in [0.2, 0.25) is 0 Å². The van der Waals surface area contributed by atoms with E-state index in [4.69, 9.17) is 0 Å². The molecule has 1 N–H and O–H groups in total. The summed E-state index contributed by atoms with van der Waals surface area (Å²) >= 11 is 1.07. The standard InChI is InChI=1S/C21H21N5O5S2/c1-3-11-25-19(14-33(30,31)18-9-7-15(2)8-10-18)23-24-21(25)32-13-20(27)22-16-5-4-6-17(12-16)26(28)29/h3-10,12H,1,11,13-14H2,2H3,(H,22,27). The Balaban J connectivity index is 1.71. The molecule has 1 heterocycles. The average molecular weight is 488 g/mol. The van der Waals surface area contributed by atoms with Crippen LogP contribution in [0.5, 0.6) is 0 Å². The number of nitro groups is 1. The van der Waals surface area contributed by atoms with Crippen LogP contribution < -0.4 is 5.32 Å². The van der Waals surface area contributed by atoms with E-state index in [0.29, 0.717) is 10.8 Å². The summed E-state index contributed by atoms with van der Waals surface area (Å²) in [5, 5.41) is 21.9. The van der Waals surface area contributed by atoms with E-state index in [-0.39, 0.29) is 34.5 Å². The van der Waals surface area contributed by atoms with Crippen molar-refractivity contribution in [1.29, 1.82) is 0 Å². The van der Waals surface area contributed by atoms with Gasteiger partial charge in [0.05, 0.1) is 15.6 Å². The second-order valence-electron chi connectivity index (χ2n) is 7.01. The van der Waals surface area contributed by atoms with Crippen LogP contribution in [-0.4, -0.2) is 39.8 Å². The van der Waals surface area contributed by atoms with Crippen molar-refractivity contribution < 1.29 is 18.1 Å². The SMILES string of the molecule is C=CCn1c(CS(=O)(=O)c2ccc(C)cc2)nnc1SCC(=O)Nc1cccc([N+](=O)[O-])c1. The van der Waals surface area contributed by atoms with E-state index in [0.717, 1.165) is 17.3 Å². The number of nitrogens with one attached hydrogen (secondary N) is 1. The number of aryl methyl sites for hydroxylation is 1. The lowest BCUT2D eigenvalue weighted by molar-refractivity contribution is -0.384. The van der Waals surface area contributed by atoms with Gasteiger partial charge in [0.2, 0.25) is 5.91 Å². The van der Waals surface area contributed by atoms with E-state index in [1.807, 2.05) is 6.92 Å². The van der Waals surface area contributed by atoms with Crippen LogP contribution in [0.4, 0.5) is 11.4 Å². The number of sulfone groups is 1. The Bertz CT molecular complexity index is 1290. The van der Waals surface area contributed by atoms with Gasteiger partial charge in [0.25, 0.3) is 5.69 Å². The minimum atomic E-state index is -3.64. The minimum Gasteiger partial charge on any atom is -0.325 e. The fourth-order valence-electron chi connectivity index (χ4n) is 2.87. The molecule has 0 atom stereocenters. The number of hydrogen-bond acceptors (Lipinski definition) is 8. The zero-order chi connectivity index (χ0) is 24.0. The van der Waals surface area contributed by atoms with Crippen molar-refractivity contribution in [1.82, 2.24) is 14.8 Å². The van der Waals surface area contributed by atoms with Crippen LogP contribution in [0.1, 0.15) is 11.4 Å². The van der Waals surface area contributed by atoms with Gasteiger partial charge in [-0.2, -0.15) is 0 Å². The number of amides is 1. The van der Waals surface area contributed by atoms with Gasteiger partial charge in [-0.15, -0.1) is 16.8 Å². The molecule has 0 bridgehead atoms. The Labute approximate surface area is 194 Å². The molecule has 0 fully saturated rings. The number of carbonyl (C=O) groups excluding carboxylic acids is 1. The fourth-order valence-corrected chi connectivity index (χ4v) is 4.91. The van der Waals surface area contributed by atoms with E-state index >= 15 is 0 Å². The van der Waals surface area contributed by atoms with Crippen molar-refractivity contribution in [2.24, 2.45) is 0 Å². The molecule has 172 valence electrons. The van der Waals surface area contributed by atoms with Crippen LogP contribution in [0.15, 0.2) is 71.2 Å². The number of carbonyl (C=O) groups is 1. The Morgan fingerprint density at radius 1 is 1.24 bits per heavy atom. The fraction of sp³-hybridized carbons (Fsp3) is 0.190. The van der Waals surface area contributed by atoms with Crippen molar-refractivity contribution in [2.45, 2.75) is 29.3 Å². The van der Waals surface area contributed by atoms with E-state index in [2.05, 4.69) is 22.1 Å². The number of nitrogens with zero attached hydrogens (tertiary/aromatic N) is 4. The van der Waals surface area contributed by atoms with Gasteiger partial charge in [0.15, 0.2) is 15.0 Å². The molecule has 3 aromatic rings. The summed E-state index contributed by atoms with van der Waals surface area (Å²) in [6, 6.07) is 12.2. The number of non-ortho nitro benzene ring substituents is 1. The maximum Gasteiger partial charge on any atom is 0.271 e. The first kappa shape index (κ1) is 24.1. The van der Waals surface area contributed by atoms with Crippen LogP contribution in [-0.2, 0) is 26.9 Å². The van der Waals surface area contributed by atoms with Crippen LogP contribution in [0.3, 0.4) is 0 Å². The third kappa shape index (κ3) is 6.26. The third-order valence-electron chi connectivity index (χ3n) is 4.48. The summed E-state index contributed by atoms with van der Waals surface area (Å²) < 4.78 is 27.2. The Morgan fingerprint density at radius 3 is 2.64 bits per heavy atom. The second-order valence-corrected chi connectivity index (χ2v) is 9.95. The topological polar surface area (TPSA) is 137 Å². The third-order valence-corrected chi connectivity index (χ3v) is 7.07. The van der Waals surface area contributed by atoms with Gasteiger partial charge >= 0.3 is 0 Å². The van der Waals surface area contributed by atoms with E-state index in [1.165, 1.54) is 18.2 Å². The lowest BCUT2D eigenvalue weighted by Crippen LogP contribution is -2.15. The van der Waals surface area contributed by atoms with Crippen LogP contribution >= 0.6 is 11.8 Å². The molecule has 33 heavy (non-hydrogen) atoms. The normalized spacial score (nSPS) is 11.2. The van der Waals surface area contributed by atoms with Crippen molar-refractivity contribution in [3.63, 3.8) is 0 Å². The predicted octanol–water partition coefficient (Wildman–Crippen LogP) is 3.39. The average Bonchev–Trinajstić information content (AvgIpc) is 3.13. The smallest absolute Gasteiger partial charge is 0.271 e. The number of anilines is 1. The second kappa shape index (κ2) is 10.4. The van der Waals surface area contributed by atoms with E-state index in [1.54, 1.807) is 41.0 Å². The lowest BCUT2D eigenvalue weighted by Gasteiger charge is -2.09. The highest BCUT2D eigenvalue weighted by Crippen LogP contribution is 2.22. The first-order chi connectivity index (χ1) is 15.7. The zero-order valence-electron chi connectivity index (χ0n) is 17.7. The van der Waals surface area contributed by atoms with Gasteiger partial charge in [0, 0.05) is 24.4 Å². The molecule has 0 spiro atoms. The van der Waals surface area contributed by atoms with Crippen molar-refractivity contribution in [2.75, 3.05) is 11.1 Å². The summed E-state index contributed by atoms with van der Waals surface area (Å²) in [4.78, 5) is 22.8. The van der Waals surface area contributed by atoms with Gasteiger partial charge in [-0.05, 0) is 25.1 Å². The molecular formula is C21H21N5O5S2. The molecular weight excluding hydrogens is 466 g/mol. The highest BCUT2D eigenvalue weighted by atomic mass is 32.2. The van der Waals surface area contributed by atoms with Gasteiger partial charge < -0.3 is 9.88 Å². The first-order valence-corrected chi connectivity index (χ1v) is 12.3. The lowest BCUT2D eigenvalue weighted by atomic mass is 10.2. The highest BCUT2D eigenvalue weighted by molar-refractivity contribution is 7.99. The summed E-state index contributed by atoms with van der Waals surface area (Å²) in [5.74, 6) is -0.570. The predicted molar refractivity (Wildman–Crippen MR) is 125 cm³/mol. The van der Waals surface area contributed by atoms with Crippen molar-refractivity contribution >= 4 is 38.9 Å². The summed E-state index contributed by atoms with van der Waals surface area (Å²) in [7, 11) is -3.64. The van der Waals surface area contributed by atoms with Gasteiger partial charge in [-0.1, -0.05) is 41.6 Å². The molecule has 0 aliphatic heterocycles. The number of thioether (sulfide) groups is 1. The minimum absolute atomic E-state index is 0.0529. The largest absolute Gasteiger partial charge is 0.325 e. The molecule has 1 amide bonds. The van der Waals surface area contributed by atoms with Crippen LogP contribution in [0, 0.1) is 17.0 Å². The Morgan fingerprint density at radius 2 is 1.97 bits per heavy atom. The molecule has 0 radical (unpaired) electrons. The molecule has 2 aromatic carbocycles. The Kier molecular flexibility index (Phi) is 7.61. The number of benzene rings is 2. The van der Waals surface area contributed by atoms with E-state index < -0.39 is 20.7 Å². The molecule has 0 unspecified atom stereocenters. The van der Waals surface area contributed by atoms with Gasteiger partial charge in [-0.3, -0.25) is 14.9 Å².